The van der Waals surface area contributed by atoms with Gasteiger partial charge < -0.3 is 10.6 Å². The van der Waals surface area contributed by atoms with Gasteiger partial charge in [-0.2, -0.15) is 0 Å². The monoisotopic (exact) mass is 140 g/mol. The van der Waals surface area contributed by atoms with Crippen LogP contribution in [0.15, 0.2) is 0 Å². The number of terminal acetylenes is 1. The van der Waals surface area contributed by atoms with E-state index in [0.29, 0.717) is 13.1 Å². The Morgan fingerprint density at radius 1 is 1.80 bits per heavy atom. The van der Waals surface area contributed by atoms with Crippen molar-refractivity contribution in [1.29, 1.82) is 0 Å². The molecule has 0 aromatic carbocycles. The molecule has 0 radical (unpaired) electrons. The van der Waals surface area contributed by atoms with Gasteiger partial charge in [-0.1, -0.05) is 0 Å². The minimum Gasteiger partial charge on any atom is -0.335 e. The first-order valence-electron chi connectivity index (χ1n) is 3.14. The molecule has 3 heteroatoms. The van der Waals surface area contributed by atoms with E-state index in [2.05, 4.69) is 0 Å². The lowest BCUT2D eigenvalue weighted by molar-refractivity contribution is -0.123. The third kappa shape index (κ3) is 3.10. The van der Waals surface area contributed by atoms with Crippen LogP contribution < -0.4 is 5.73 Å². The van der Waals surface area contributed by atoms with Gasteiger partial charge in [-0.25, -0.2) is 0 Å². The molecular weight excluding hydrogens is 128 g/mol. The van der Waals surface area contributed by atoms with Crippen molar-refractivity contribution < 1.29 is 4.79 Å². The molecule has 0 spiro atoms. The maximum Gasteiger partial charge on any atom is 0.297 e. The Balaban J connectivity index is 3.54. The Kier molecular flexibility index (Phi) is 4.34. The number of amides is 1. The van der Waals surface area contributed by atoms with Gasteiger partial charge in [0.25, 0.3) is 5.91 Å². The van der Waals surface area contributed by atoms with Crippen LogP contribution in [-0.4, -0.2) is 30.9 Å². The molecule has 0 heterocycles. The van der Waals surface area contributed by atoms with E-state index in [9.17, 15) is 4.79 Å². The average Bonchev–Trinajstić information content (AvgIpc) is 1.98. The Hall–Kier alpha value is -1.01. The van der Waals surface area contributed by atoms with E-state index in [1.807, 2.05) is 5.92 Å². The first-order chi connectivity index (χ1) is 4.72. The van der Waals surface area contributed by atoms with E-state index in [1.165, 1.54) is 4.90 Å². The highest BCUT2D eigenvalue weighted by Gasteiger charge is 2.01. The lowest BCUT2D eigenvalue weighted by Crippen LogP contribution is -2.27. The number of carbonyl (C=O) groups is 1. The average molecular weight is 140 g/mol. The Morgan fingerprint density at radius 2 is 2.40 bits per heavy atom. The van der Waals surface area contributed by atoms with Gasteiger partial charge in [0.1, 0.15) is 0 Å². The summed E-state index contributed by atoms with van der Waals surface area (Å²) in [5.74, 6) is 1.74. The van der Waals surface area contributed by atoms with E-state index in [0.717, 1.165) is 6.42 Å². The molecule has 0 fully saturated rings. The second-order valence-corrected chi connectivity index (χ2v) is 2.01. The molecule has 0 aliphatic heterocycles. The highest BCUT2D eigenvalue weighted by Crippen LogP contribution is 1.84. The molecular formula is C7H12N2O. The summed E-state index contributed by atoms with van der Waals surface area (Å²) in [7, 11) is 1.66. The summed E-state index contributed by atoms with van der Waals surface area (Å²) in [6, 6.07) is 0. The summed E-state index contributed by atoms with van der Waals surface area (Å²) in [4.78, 5) is 12.1. The van der Waals surface area contributed by atoms with Crippen molar-refractivity contribution in [1.82, 2.24) is 4.90 Å². The molecule has 0 atom stereocenters. The van der Waals surface area contributed by atoms with E-state index in [4.69, 9.17) is 12.2 Å². The third-order valence-electron chi connectivity index (χ3n) is 1.17. The summed E-state index contributed by atoms with van der Waals surface area (Å²) in [5.41, 5.74) is 5.23. The van der Waals surface area contributed by atoms with Crippen LogP contribution >= 0.6 is 0 Å². The normalized spacial score (nSPS) is 8.50. The number of carbonyl (C=O) groups excluding carboxylic acids is 1. The molecule has 0 bridgehead atoms. The summed E-state index contributed by atoms with van der Waals surface area (Å²) in [6.07, 6.45) is 5.67. The first kappa shape index (κ1) is 8.99. The highest BCUT2D eigenvalue weighted by atomic mass is 16.2. The maximum atomic E-state index is 10.7. The molecule has 10 heavy (non-hydrogen) atoms. The van der Waals surface area contributed by atoms with Crippen molar-refractivity contribution in [3.8, 4) is 12.3 Å². The number of hydrogen-bond acceptors (Lipinski definition) is 2. The predicted octanol–water partition coefficient (Wildman–Crippen LogP) is -0.573. The molecule has 0 saturated carbocycles. The topological polar surface area (TPSA) is 46.3 Å². The first-order valence-corrected chi connectivity index (χ1v) is 3.14. The van der Waals surface area contributed by atoms with Gasteiger partial charge >= 0.3 is 0 Å². The quantitative estimate of drug-likeness (QED) is 0.533. The standard InChI is InChI=1S/C7H12N2O/c1-3-7(10)9(2)6-4-5-8/h1H,4-6,8H2,2H3. The van der Waals surface area contributed by atoms with Crippen LogP contribution in [0.2, 0.25) is 0 Å². The van der Waals surface area contributed by atoms with E-state index >= 15 is 0 Å². The van der Waals surface area contributed by atoms with Crippen LogP contribution in [0.3, 0.4) is 0 Å². The third-order valence-corrected chi connectivity index (χ3v) is 1.17. The van der Waals surface area contributed by atoms with Crippen LogP contribution in [0.4, 0.5) is 0 Å². The molecule has 0 rings (SSSR count). The Bertz CT molecular complexity index is 148. The fourth-order valence-corrected chi connectivity index (χ4v) is 0.540. The van der Waals surface area contributed by atoms with Crippen molar-refractivity contribution in [2.75, 3.05) is 20.1 Å². The van der Waals surface area contributed by atoms with Crippen molar-refractivity contribution in [3.63, 3.8) is 0 Å². The number of rotatable bonds is 3. The van der Waals surface area contributed by atoms with E-state index < -0.39 is 0 Å². The largest absolute Gasteiger partial charge is 0.335 e. The van der Waals surface area contributed by atoms with Crippen LogP contribution in [0.25, 0.3) is 0 Å². The van der Waals surface area contributed by atoms with E-state index in [1.54, 1.807) is 7.05 Å². The molecule has 0 aliphatic rings. The zero-order valence-electron chi connectivity index (χ0n) is 6.13. The van der Waals surface area contributed by atoms with Gasteiger partial charge in [-0.3, -0.25) is 4.79 Å². The Labute approximate surface area is 61.2 Å². The maximum absolute atomic E-state index is 10.7. The molecule has 3 nitrogen and oxygen atoms in total. The van der Waals surface area contributed by atoms with Crippen molar-refractivity contribution in [2.45, 2.75) is 6.42 Å². The summed E-state index contributed by atoms with van der Waals surface area (Å²) in [5, 5.41) is 0. The second-order valence-electron chi connectivity index (χ2n) is 2.01. The number of hydrogen-bond donors (Lipinski definition) is 1. The van der Waals surface area contributed by atoms with E-state index in [-0.39, 0.29) is 5.91 Å². The number of nitrogens with two attached hydrogens (primary N) is 1. The summed E-state index contributed by atoms with van der Waals surface area (Å²) in [6.45, 7) is 1.22. The minimum atomic E-state index is -0.284. The van der Waals surface area contributed by atoms with Crippen molar-refractivity contribution in [3.05, 3.63) is 0 Å². The van der Waals surface area contributed by atoms with Gasteiger partial charge in [0.2, 0.25) is 0 Å². The molecule has 0 saturated heterocycles. The summed E-state index contributed by atoms with van der Waals surface area (Å²) < 4.78 is 0. The van der Waals surface area contributed by atoms with Gasteiger partial charge in [0.15, 0.2) is 0 Å². The zero-order chi connectivity index (χ0) is 7.98. The molecule has 0 aliphatic carbocycles. The summed E-state index contributed by atoms with van der Waals surface area (Å²) >= 11 is 0. The van der Waals surface area contributed by atoms with Crippen LogP contribution in [0, 0.1) is 12.3 Å². The lowest BCUT2D eigenvalue weighted by atomic mass is 10.4. The fraction of sp³-hybridized carbons (Fsp3) is 0.571. The number of nitrogens with zero attached hydrogens (tertiary/aromatic N) is 1. The van der Waals surface area contributed by atoms with Gasteiger partial charge in [-0.15, -0.1) is 6.42 Å². The smallest absolute Gasteiger partial charge is 0.297 e. The highest BCUT2D eigenvalue weighted by molar-refractivity contribution is 5.92. The van der Waals surface area contributed by atoms with Gasteiger partial charge in [0.05, 0.1) is 0 Å². The van der Waals surface area contributed by atoms with Gasteiger partial charge in [-0.05, 0) is 18.9 Å². The molecule has 56 valence electrons. The fourth-order valence-electron chi connectivity index (χ4n) is 0.540. The molecule has 0 aromatic heterocycles. The van der Waals surface area contributed by atoms with Crippen LogP contribution in [-0.2, 0) is 4.79 Å². The molecule has 2 N–H and O–H groups in total. The second kappa shape index (κ2) is 4.83. The van der Waals surface area contributed by atoms with Crippen LogP contribution in [0.5, 0.6) is 0 Å². The van der Waals surface area contributed by atoms with Crippen molar-refractivity contribution >= 4 is 5.91 Å². The lowest BCUT2D eigenvalue weighted by Gasteiger charge is -2.11. The van der Waals surface area contributed by atoms with Gasteiger partial charge in [0, 0.05) is 13.6 Å². The SMILES string of the molecule is C#CC(=O)N(C)CCCN. The Morgan fingerprint density at radius 3 is 2.80 bits per heavy atom. The predicted molar refractivity (Wildman–Crippen MR) is 40.1 cm³/mol. The minimum absolute atomic E-state index is 0.284. The van der Waals surface area contributed by atoms with Crippen molar-refractivity contribution in [2.24, 2.45) is 5.73 Å². The molecule has 0 unspecified atom stereocenters. The molecule has 1 amide bonds. The van der Waals surface area contributed by atoms with Crippen LogP contribution in [0.1, 0.15) is 6.42 Å². The zero-order valence-corrected chi connectivity index (χ0v) is 6.13. The molecule has 0 aromatic rings.